The van der Waals surface area contributed by atoms with Crippen molar-refractivity contribution in [2.75, 3.05) is 13.6 Å². The zero-order valence-corrected chi connectivity index (χ0v) is 16.0. The van der Waals surface area contributed by atoms with Gasteiger partial charge in [-0.2, -0.15) is 5.10 Å². The second-order valence-electron chi connectivity index (χ2n) is 6.32. The largest absolute Gasteiger partial charge is 0.356 e. The van der Waals surface area contributed by atoms with Crippen LogP contribution in [0.5, 0.6) is 0 Å². The molecule has 0 saturated carbocycles. The minimum Gasteiger partial charge on any atom is -0.356 e. The molecule has 0 aliphatic rings. The highest BCUT2D eigenvalue weighted by molar-refractivity contribution is 7.09. The molecule has 3 aromatic rings. The molecule has 0 saturated heterocycles. The summed E-state index contributed by atoms with van der Waals surface area (Å²) in [6.07, 6.45) is 4.82. The van der Waals surface area contributed by atoms with E-state index in [1.807, 2.05) is 34.3 Å². The Kier molecular flexibility index (Phi) is 6.44. The van der Waals surface area contributed by atoms with Crippen LogP contribution in [0.2, 0.25) is 0 Å². The molecule has 0 aliphatic carbocycles. The predicted molar refractivity (Wildman–Crippen MR) is 109 cm³/mol. The first-order valence-electron chi connectivity index (χ1n) is 8.80. The van der Waals surface area contributed by atoms with E-state index in [2.05, 4.69) is 63.4 Å². The molecule has 3 rings (SSSR count). The molecule has 6 heteroatoms. The fraction of sp³-hybridized carbons (Fsp3) is 0.300. The second kappa shape index (κ2) is 9.20. The predicted octanol–water partition coefficient (Wildman–Crippen LogP) is 3.48. The maximum absolute atomic E-state index is 4.32. The van der Waals surface area contributed by atoms with Crippen molar-refractivity contribution in [1.82, 2.24) is 20.4 Å². The molecule has 2 aromatic heterocycles. The summed E-state index contributed by atoms with van der Waals surface area (Å²) in [6, 6.07) is 14.6. The molecule has 0 radical (unpaired) electrons. The van der Waals surface area contributed by atoms with Crippen molar-refractivity contribution in [3.63, 3.8) is 0 Å². The molecule has 26 heavy (non-hydrogen) atoms. The molecule has 0 bridgehead atoms. The van der Waals surface area contributed by atoms with E-state index < -0.39 is 0 Å². The fourth-order valence-corrected chi connectivity index (χ4v) is 3.62. The molecule has 0 fully saturated rings. The lowest BCUT2D eigenvalue weighted by Gasteiger charge is -2.16. The molecule has 1 atom stereocenters. The van der Waals surface area contributed by atoms with Gasteiger partial charge >= 0.3 is 0 Å². The monoisotopic (exact) mass is 367 g/mol. The molecule has 2 N–H and O–H groups in total. The number of benzene rings is 1. The van der Waals surface area contributed by atoms with E-state index >= 15 is 0 Å². The first kappa shape index (κ1) is 18.2. The summed E-state index contributed by atoms with van der Waals surface area (Å²) in [7, 11) is 1.80. The van der Waals surface area contributed by atoms with Gasteiger partial charge in [0, 0.05) is 37.4 Å². The van der Waals surface area contributed by atoms with Crippen LogP contribution in [0.1, 0.15) is 17.4 Å². The maximum atomic E-state index is 4.32. The topological polar surface area (TPSA) is 54.2 Å². The SMILES string of the molecule is CN=C(NCc1cccc(-n2cccn2)c1)NCC(C)Cc1cccs1. The van der Waals surface area contributed by atoms with Crippen LogP contribution in [0.15, 0.2) is 65.2 Å². The third-order valence-corrected chi connectivity index (χ3v) is 5.01. The van der Waals surface area contributed by atoms with Crippen molar-refractivity contribution in [2.45, 2.75) is 19.9 Å². The van der Waals surface area contributed by atoms with Crippen LogP contribution >= 0.6 is 11.3 Å². The van der Waals surface area contributed by atoms with E-state index in [1.54, 1.807) is 13.2 Å². The van der Waals surface area contributed by atoms with Gasteiger partial charge in [-0.3, -0.25) is 4.99 Å². The van der Waals surface area contributed by atoms with Gasteiger partial charge < -0.3 is 10.6 Å². The maximum Gasteiger partial charge on any atom is 0.191 e. The lowest BCUT2D eigenvalue weighted by atomic mass is 10.1. The van der Waals surface area contributed by atoms with Crippen molar-refractivity contribution in [2.24, 2.45) is 10.9 Å². The van der Waals surface area contributed by atoms with Crippen molar-refractivity contribution >= 4 is 17.3 Å². The average Bonchev–Trinajstić information content (AvgIpc) is 3.36. The van der Waals surface area contributed by atoms with E-state index in [1.165, 1.54) is 10.4 Å². The first-order valence-corrected chi connectivity index (χ1v) is 9.68. The number of hydrogen-bond acceptors (Lipinski definition) is 3. The molecule has 2 heterocycles. The molecular formula is C20H25N5S. The summed E-state index contributed by atoms with van der Waals surface area (Å²) >= 11 is 1.82. The Morgan fingerprint density at radius 1 is 1.23 bits per heavy atom. The first-order chi connectivity index (χ1) is 12.7. The molecule has 136 valence electrons. The van der Waals surface area contributed by atoms with Crippen LogP contribution in [0.25, 0.3) is 5.69 Å². The van der Waals surface area contributed by atoms with Gasteiger partial charge in [0.2, 0.25) is 0 Å². The Morgan fingerprint density at radius 3 is 2.88 bits per heavy atom. The number of guanidine groups is 1. The van der Waals surface area contributed by atoms with Gasteiger partial charge in [-0.05, 0) is 47.5 Å². The highest BCUT2D eigenvalue weighted by Gasteiger charge is 2.06. The molecule has 1 aromatic carbocycles. The van der Waals surface area contributed by atoms with Gasteiger partial charge in [0.15, 0.2) is 5.96 Å². The van der Waals surface area contributed by atoms with Gasteiger partial charge in [-0.15, -0.1) is 11.3 Å². The van der Waals surface area contributed by atoms with Crippen molar-refractivity contribution in [3.05, 3.63) is 70.7 Å². The summed E-state index contributed by atoms with van der Waals surface area (Å²) in [5.74, 6) is 1.38. The van der Waals surface area contributed by atoms with E-state index in [9.17, 15) is 0 Å². The van der Waals surface area contributed by atoms with Crippen LogP contribution in [-0.4, -0.2) is 29.3 Å². The van der Waals surface area contributed by atoms with E-state index in [0.29, 0.717) is 12.5 Å². The van der Waals surface area contributed by atoms with Crippen LogP contribution < -0.4 is 10.6 Å². The number of aromatic nitrogens is 2. The van der Waals surface area contributed by atoms with E-state index in [-0.39, 0.29) is 0 Å². The minimum atomic E-state index is 0.551. The number of hydrogen-bond donors (Lipinski definition) is 2. The number of aliphatic imine (C=N–C) groups is 1. The van der Waals surface area contributed by atoms with E-state index in [0.717, 1.165) is 24.6 Å². The van der Waals surface area contributed by atoms with Gasteiger partial charge in [0.05, 0.1) is 5.69 Å². The molecule has 1 unspecified atom stereocenters. The number of nitrogens with zero attached hydrogens (tertiary/aromatic N) is 3. The summed E-state index contributed by atoms with van der Waals surface area (Å²) in [4.78, 5) is 5.75. The molecule has 0 aliphatic heterocycles. The molecule has 0 amide bonds. The quantitative estimate of drug-likeness (QED) is 0.497. The lowest BCUT2D eigenvalue weighted by molar-refractivity contribution is 0.562. The lowest BCUT2D eigenvalue weighted by Crippen LogP contribution is -2.39. The van der Waals surface area contributed by atoms with Crippen LogP contribution in [0.3, 0.4) is 0 Å². The third-order valence-electron chi connectivity index (χ3n) is 4.11. The van der Waals surface area contributed by atoms with Gasteiger partial charge in [0.1, 0.15) is 0 Å². The minimum absolute atomic E-state index is 0.551. The number of thiophene rings is 1. The van der Waals surface area contributed by atoms with Crippen molar-refractivity contribution in [1.29, 1.82) is 0 Å². The zero-order valence-electron chi connectivity index (χ0n) is 15.2. The molecular weight excluding hydrogens is 342 g/mol. The van der Waals surface area contributed by atoms with Gasteiger partial charge in [0.25, 0.3) is 0 Å². The summed E-state index contributed by atoms with van der Waals surface area (Å²) in [5, 5.41) is 13.2. The molecule has 5 nitrogen and oxygen atoms in total. The Bertz CT molecular complexity index is 809. The standard InChI is InChI=1S/C20H25N5S/c1-16(12-19-8-4-11-26-19)14-22-20(21-2)23-15-17-6-3-7-18(13-17)25-10-5-9-24-25/h3-11,13,16H,12,14-15H2,1-2H3,(H2,21,22,23). The van der Waals surface area contributed by atoms with Crippen molar-refractivity contribution < 1.29 is 0 Å². The zero-order chi connectivity index (χ0) is 18.2. The van der Waals surface area contributed by atoms with Crippen LogP contribution in [-0.2, 0) is 13.0 Å². The van der Waals surface area contributed by atoms with Crippen LogP contribution in [0, 0.1) is 5.92 Å². The Morgan fingerprint density at radius 2 is 2.15 bits per heavy atom. The normalized spacial score (nSPS) is 12.8. The smallest absolute Gasteiger partial charge is 0.191 e. The Balaban J connectivity index is 1.49. The summed E-state index contributed by atoms with van der Waals surface area (Å²) in [6.45, 7) is 3.87. The number of rotatable bonds is 7. The highest BCUT2D eigenvalue weighted by Crippen LogP contribution is 2.14. The Hall–Kier alpha value is -2.60. The van der Waals surface area contributed by atoms with Crippen molar-refractivity contribution in [3.8, 4) is 5.69 Å². The molecule has 0 spiro atoms. The fourth-order valence-electron chi connectivity index (χ4n) is 2.75. The number of nitrogens with one attached hydrogen (secondary N) is 2. The van der Waals surface area contributed by atoms with Gasteiger partial charge in [-0.25, -0.2) is 4.68 Å². The third kappa shape index (κ3) is 5.20. The highest BCUT2D eigenvalue weighted by atomic mass is 32.1. The summed E-state index contributed by atoms with van der Waals surface area (Å²) < 4.78 is 1.86. The average molecular weight is 368 g/mol. The van der Waals surface area contributed by atoms with Gasteiger partial charge in [-0.1, -0.05) is 25.1 Å². The van der Waals surface area contributed by atoms with E-state index in [4.69, 9.17) is 0 Å². The Labute approximate surface area is 158 Å². The van der Waals surface area contributed by atoms with Crippen LogP contribution in [0.4, 0.5) is 0 Å². The summed E-state index contributed by atoms with van der Waals surface area (Å²) in [5.41, 5.74) is 2.24. The second-order valence-corrected chi connectivity index (χ2v) is 7.35.